The Hall–Kier alpha value is -1.71. The Labute approximate surface area is 254 Å². The molecule has 42 heavy (non-hydrogen) atoms. The molecule has 0 spiro atoms. The first-order chi connectivity index (χ1) is 20.3. The molecule has 0 saturated heterocycles. The van der Waals surface area contributed by atoms with E-state index in [1.807, 2.05) is 0 Å². The van der Waals surface area contributed by atoms with Crippen LogP contribution in [-0.2, 0) is 0 Å². The van der Waals surface area contributed by atoms with Crippen LogP contribution in [-0.4, -0.2) is 29.0 Å². The number of unbranched alkanes of at least 4 members (excludes halogenated alkanes) is 18. The molecule has 0 bridgehead atoms. The Kier molecular flexibility index (Phi) is 21.6. The van der Waals surface area contributed by atoms with E-state index >= 15 is 0 Å². The third-order valence-electron chi connectivity index (χ3n) is 8.33. The fourth-order valence-electron chi connectivity index (χ4n) is 5.60. The number of rotatable bonds is 27. The van der Waals surface area contributed by atoms with Gasteiger partial charge in [-0.25, -0.2) is 28.1 Å². The Morgan fingerprint density at radius 1 is 0.381 bits per heavy atom. The van der Waals surface area contributed by atoms with Crippen LogP contribution in [0.3, 0.4) is 0 Å². The highest BCUT2D eigenvalue weighted by atomic mass is 16.3. The summed E-state index contributed by atoms with van der Waals surface area (Å²) in [6.45, 7) is 6.49. The van der Waals surface area contributed by atoms with Crippen LogP contribution >= 0.6 is 0 Å². The number of hydrogen-bond donors (Lipinski definition) is 3. The lowest BCUT2D eigenvalue weighted by Crippen LogP contribution is -2.57. The highest BCUT2D eigenvalue weighted by Crippen LogP contribution is 2.17. The fraction of sp³-hybridized carbons (Fsp3) is 0.909. The molecule has 0 radical (unpaired) electrons. The minimum Gasteiger partial charge on any atom is -0.373 e. The molecule has 3 unspecified atom stereocenters. The van der Waals surface area contributed by atoms with Crippen molar-refractivity contribution in [3.05, 3.63) is 31.5 Å². The molecule has 0 fully saturated rings. The minimum absolute atomic E-state index is 0.183. The lowest BCUT2D eigenvalue weighted by atomic mass is 10.1. The summed E-state index contributed by atoms with van der Waals surface area (Å²) in [6, 6.07) is 0. The van der Waals surface area contributed by atoms with E-state index in [0.717, 1.165) is 57.8 Å². The lowest BCUT2D eigenvalue weighted by molar-refractivity contribution is 0.0299. The van der Waals surface area contributed by atoms with Crippen LogP contribution in [0, 0.1) is 0 Å². The number of aromatic nitrogens is 3. The van der Waals surface area contributed by atoms with Gasteiger partial charge in [0, 0.05) is 0 Å². The summed E-state index contributed by atoms with van der Waals surface area (Å²) in [7, 11) is 0. The van der Waals surface area contributed by atoms with Gasteiger partial charge in [0.2, 0.25) is 0 Å². The second-order valence-corrected chi connectivity index (χ2v) is 12.1. The van der Waals surface area contributed by atoms with Crippen molar-refractivity contribution < 1.29 is 15.3 Å². The van der Waals surface area contributed by atoms with Crippen molar-refractivity contribution in [2.75, 3.05) is 0 Å². The van der Waals surface area contributed by atoms with Crippen LogP contribution in [0.2, 0.25) is 0 Å². The summed E-state index contributed by atoms with van der Waals surface area (Å²) in [6.07, 6.45) is 17.7. The van der Waals surface area contributed by atoms with Crippen LogP contribution in [0.1, 0.15) is 194 Å². The van der Waals surface area contributed by atoms with E-state index in [9.17, 15) is 29.7 Å². The van der Waals surface area contributed by atoms with E-state index in [0.29, 0.717) is 33.0 Å². The van der Waals surface area contributed by atoms with Crippen molar-refractivity contribution in [3.63, 3.8) is 0 Å². The lowest BCUT2D eigenvalue weighted by Gasteiger charge is -2.22. The summed E-state index contributed by atoms with van der Waals surface area (Å²) >= 11 is 0. The first-order valence-corrected chi connectivity index (χ1v) is 17.3. The molecule has 3 atom stereocenters. The third kappa shape index (κ3) is 14.2. The smallest absolute Gasteiger partial charge is 0.340 e. The molecule has 0 aliphatic carbocycles. The van der Waals surface area contributed by atoms with Gasteiger partial charge in [0.1, 0.15) is 18.7 Å². The van der Waals surface area contributed by atoms with Gasteiger partial charge in [-0.3, -0.25) is 0 Å². The molecule has 9 heteroatoms. The van der Waals surface area contributed by atoms with Gasteiger partial charge in [0.05, 0.1) is 0 Å². The number of nitrogens with zero attached hydrogens (tertiary/aromatic N) is 3. The van der Waals surface area contributed by atoms with E-state index in [2.05, 4.69) is 20.8 Å². The first kappa shape index (κ1) is 38.3. The SMILES string of the molecule is CCCCCCCCCC(O)n1c(=O)n(C(O)CCCCCCCCC)c(=O)n(C(O)CCCCCCCCC)c1=O. The van der Waals surface area contributed by atoms with E-state index in [4.69, 9.17) is 0 Å². The quantitative estimate of drug-likeness (QED) is 0.0932. The van der Waals surface area contributed by atoms with Crippen molar-refractivity contribution >= 4 is 0 Å². The maximum absolute atomic E-state index is 13.4. The normalized spacial score (nSPS) is 13.9. The van der Waals surface area contributed by atoms with Gasteiger partial charge in [0.25, 0.3) is 0 Å². The molecular formula is C33H63N3O6. The molecule has 3 N–H and O–H groups in total. The van der Waals surface area contributed by atoms with Crippen LogP contribution in [0.25, 0.3) is 0 Å². The van der Waals surface area contributed by atoms with E-state index in [-0.39, 0.29) is 19.3 Å². The van der Waals surface area contributed by atoms with Crippen molar-refractivity contribution in [3.8, 4) is 0 Å². The molecule has 0 amide bonds. The molecule has 1 aromatic rings. The zero-order chi connectivity index (χ0) is 31.2. The summed E-state index contributed by atoms with van der Waals surface area (Å²) in [4.78, 5) is 40.1. The molecular weight excluding hydrogens is 534 g/mol. The Balaban J connectivity index is 3.06. The molecule has 246 valence electrons. The molecule has 1 aromatic heterocycles. The highest BCUT2D eigenvalue weighted by molar-refractivity contribution is 4.84. The average Bonchev–Trinajstić information content (AvgIpc) is 2.95. The third-order valence-corrected chi connectivity index (χ3v) is 8.33. The van der Waals surface area contributed by atoms with Gasteiger partial charge >= 0.3 is 17.1 Å². The predicted octanol–water partition coefficient (Wildman–Crippen LogP) is 7.07. The van der Waals surface area contributed by atoms with Gasteiger partial charge in [-0.15, -0.1) is 0 Å². The zero-order valence-electron chi connectivity index (χ0n) is 27.1. The molecule has 0 aromatic carbocycles. The molecule has 0 aliphatic heterocycles. The maximum atomic E-state index is 13.4. The highest BCUT2D eigenvalue weighted by Gasteiger charge is 2.26. The van der Waals surface area contributed by atoms with Gasteiger partial charge in [-0.05, 0) is 38.5 Å². The van der Waals surface area contributed by atoms with Crippen LogP contribution < -0.4 is 17.1 Å². The van der Waals surface area contributed by atoms with Gasteiger partial charge in [-0.2, -0.15) is 0 Å². The molecule has 1 heterocycles. The standard InChI is InChI=1S/C33H63N3O6/c1-4-7-10-13-16-19-22-25-28(37)34-31(40)35(29(38)26-23-20-17-14-11-8-5-2)33(42)36(32(34)41)30(39)27-24-21-18-15-12-9-6-3/h28-30,37-39H,4-27H2,1-3H3. The van der Waals surface area contributed by atoms with Crippen molar-refractivity contribution in [2.45, 2.75) is 194 Å². The molecule has 9 nitrogen and oxygen atoms in total. The van der Waals surface area contributed by atoms with Crippen LogP contribution in [0.15, 0.2) is 14.4 Å². The predicted molar refractivity (Wildman–Crippen MR) is 171 cm³/mol. The fourth-order valence-corrected chi connectivity index (χ4v) is 5.60. The van der Waals surface area contributed by atoms with Crippen LogP contribution in [0.4, 0.5) is 0 Å². The Morgan fingerprint density at radius 2 is 0.571 bits per heavy atom. The summed E-state index contributed by atoms with van der Waals surface area (Å²) < 4.78 is 1.96. The second kappa shape index (κ2) is 23.7. The number of aliphatic hydroxyl groups is 3. The average molecular weight is 598 g/mol. The Morgan fingerprint density at radius 3 is 0.786 bits per heavy atom. The second-order valence-electron chi connectivity index (χ2n) is 12.1. The number of aliphatic hydroxyl groups excluding tert-OH is 3. The topological polar surface area (TPSA) is 127 Å². The largest absolute Gasteiger partial charge is 0.373 e. The van der Waals surface area contributed by atoms with Gasteiger partial charge in [-0.1, -0.05) is 136 Å². The minimum atomic E-state index is -1.43. The summed E-state index contributed by atoms with van der Waals surface area (Å²) in [5.41, 5.74) is -3.05. The number of hydrogen-bond acceptors (Lipinski definition) is 6. The molecule has 0 aliphatic rings. The summed E-state index contributed by atoms with van der Waals surface area (Å²) in [5.74, 6) is 0. The summed E-state index contributed by atoms with van der Waals surface area (Å²) in [5, 5.41) is 32.8. The Bertz CT molecular complexity index is 831. The van der Waals surface area contributed by atoms with Crippen LogP contribution in [0.5, 0.6) is 0 Å². The van der Waals surface area contributed by atoms with Crippen molar-refractivity contribution in [1.82, 2.24) is 13.7 Å². The first-order valence-electron chi connectivity index (χ1n) is 17.3. The van der Waals surface area contributed by atoms with Gasteiger partial charge in [0.15, 0.2) is 0 Å². The monoisotopic (exact) mass is 597 g/mol. The van der Waals surface area contributed by atoms with Crippen molar-refractivity contribution in [1.29, 1.82) is 0 Å². The van der Waals surface area contributed by atoms with E-state index < -0.39 is 35.8 Å². The van der Waals surface area contributed by atoms with Gasteiger partial charge < -0.3 is 15.3 Å². The molecule has 0 saturated carbocycles. The molecule has 1 rings (SSSR count). The van der Waals surface area contributed by atoms with Crippen molar-refractivity contribution in [2.24, 2.45) is 0 Å². The maximum Gasteiger partial charge on any atom is 0.340 e. The van der Waals surface area contributed by atoms with E-state index in [1.54, 1.807) is 0 Å². The zero-order valence-corrected chi connectivity index (χ0v) is 27.1. The van der Waals surface area contributed by atoms with E-state index in [1.165, 1.54) is 57.8 Å².